The quantitative estimate of drug-likeness (QED) is 0.255. The molecule has 0 spiro atoms. The number of aryl methyl sites for hydroxylation is 1. The van der Waals surface area contributed by atoms with Crippen molar-refractivity contribution >= 4 is 55.7 Å². The van der Waals surface area contributed by atoms with Gasteiger partial charge >= 0.3 is 5.91 Å². The number of aromatic nitrogens is 2. The van der Waals surface area contributed by atoms with Gasteiger partial charge in [-0.2, -0.15) is 0 Å². The van der Waals surface area contributed by atoms with E-state index in [-0.39, 0.29) is 11.3 Å². The fourth-order valence-corrected chi connectivity index (χ4v) is 5.02. The Morgan fingerprint density at radius 1 is 1.06 bits per heavy atom. The zero-order valence-electron chi connectivity index (χ0n) is 16.8. The van der Waals surface area contributed by atoms with Crippen LogP contribution in [0.3, 0.4) is 0 Å². The van der Waals surface area contributed by atoms with Gasteiger partial charge in [0.1, 0.15) is 5.76 Å². The number of carbonyl (C=O) groups is 2. The molecule has 1 unspecified atom stereocenters. The molecule has 1 aliphatic rings. The maximum Gasteiger partial charge on any atom is 0.301 e. The molecule has 3 heterocycles. The van der Waals surface area contributed by atoms with Crippen molar-refractivity contribution in [3.8, 4) is 0 Å². The Morgan fingerprint density at radius 3 is 2.50 bits per heavy atom. The van der Waals surface area contributed by atoms with Crippen molar-refractivity contribution in [1.29, 1.82) is 0 Å². The molecule has 2 aromatic carbocycles. The van der Waals surface area contributed by atoms with Gasteiger partial charge in [-0.25, -0.2) is 4.98 Å². The van der Waals surface area contributed by atoms with Crippen LogP contribution in [-0.4, -0.2) is 26.8 Å². The number of Topliss-reactive ketones (excluding diaryl/α,β-unsaturated/α-hetero) is 1. The second kappa shape index (κ2) is 7.85. The summed E-state index contributed by atoms with van der Waals surface area (Å²) in [5.41, 5.74) is 2.83. The lowest BCUT2D eigenvalue weighted by Gasteiger charge is -2.23. The fourth-order valence-electron chi connectivity index (χ4n) is 3.75. The molecule has 5 rings (SSSR count). The molecule has 32 heavy (non-hydrogen) atoms. The van der Waals surface area contributed by atoms with Crippen molar-refractivity contribution < 1.29 is 14.7 Å². The number of fused-ring (bicyclic) bond motifs is 1. The number of carbonyl (C=O) groups excluding carboxylic acids is 2. The summed E-state index contributed by atoms with van der Waals surface area (Å²) in [5, 5.41) is 12.0. The smallest absolute Gasteiger partial charge is 0.301 e. The third-order valence-corrected chi connectivity index (χ3v) is 6.59. The number of hydrogen-bond donors (Lipinski definition) is 1. The van der Waals surface area contributed by atoms with Gasteiger partial charge in [-0.1, -0.05) is 52.8 Å². The van der Waals surface area contributed by atoms with Crippen LogP contribution < -0.4 is 4.90 Å². The number of aliphatic hydroxyl groups is 1. The minimum Gasteiger partial charge on any atom is -0.507 e. The van der Waals surface area contributed by atoms with Gasteiger partial charge in [-0.05, 0) is 42.8 Å². The summed E-state index contributed by atoms with van der Waals surface area (Å²) in [4.78, 5) is 36.3. The van der Waals surface area contributed by atoms with Gasteiger partial charge in [-0.15, -0.1) is 0 Å². The minimum absolute atomic E-state index is 0.0161. The van der Waals surface area contributed by atoms with Gasteiger partial charge in [0.2, 0.25) is 0 Å². The summed E-state index contributed by atoms with van der Waals surface area (Å²) in [5.74, 6) is -1.75. The molecular formula is C24H16ClN3O3S. The lowest BCUT2D eigenvalue weighted by molar-refractivity contribution is -0.132. The number of pyridine rings is 1. The standard InChI is InChI=1S/C24H16ClN3O3S/c1-13-2-4-14(5-3-13)20-19(21(29)15-8-10-26-11-9-15)22(30)23(31)28(20)24-27-17-7-6-16(25)12-18(17)32-24/h2-12,20,29H,1H3. The highest BCUT2D eigenvalue weighted by molar-refractivity contribution is 7.22. The summed E-state index contributed by atoms with van der Waals surface area (Å²) in [7, 11) is 0. The average molecular weight is 462 g/mol. The van der Waals surface area contributed by atoms with Gasteiger partial charge < -0.3 is 5.11 Å². The van der Waals surface area contributed by atoms with E-state index in [0.717, 1.165) is 10.3 Å². The van der Waals surface area contributed by atoms with E-state index < -0.39 is 17.7 Å². The molecule has 1 saturated heterocycles. The zero-order chi connectivity index (χ0) is 22.4. The molecule has 0 saturated carbocycles. The number of halogens is 1. The number of thiazole rings is 1. The number of benzene rings is 2. The largest absolute Gasteiger partial charge is 0.507 e. The van der Waals surface area contributed by atoms with Crippen molar-refractivity contribution in [2.24, 2.45) is 0 Å². The molecule has 2 aromatic heterocycles. The predicted molar refractivity (Wildman–Crippen MR) is 125 cm³/mol. The van der Waals surface area contributed by atoms with Crippen molar-refractivity contribution in [3.63, 3.8) is 0 Å². The van der Waals surface area contributed by atoms with E-state index in [2.05, 4.69) is 9.97 Å². The molecule has 1 aliphatic heterocycles. The van der Waals surface area contributed by atoms with Gasteiger partial charge in [0.25, 0.3) is 5.78 Å². The lowest BCUT2D eigenvalue weighted by Crippen LogP contribution is -2.29. The fraction of sp³-hybridized carbons (Fsp3) is 0.0833. The highest BCUT2D eigenvalue weighted by Crippen LogP contribution is 2.44. The van der Waals surface area contributed by atoms with E-state index in [1.807, 2.05) is 31.2 Å². The van der Waals surface area contributed by atoms with Crippen LogP contribution in [0.25, 0.3) is 16.0 Å². The topological polar surface area (TPSA) is 83.4 Å². The maximum absolute atomic E-state index is 13.2. The van der Waals surface area contributed by atoms with E-state index in [0.29, 0.717) is 26.8 Å². The number of nitrogens with zero attached hydrogens (tertiary/aromatic N) is 3. The number of rotatable bonds is 3. The van der Waals surface area contributed by atoms with Gasteiger partial charge in [0.15, 0.2) is 5.13 Å². The first-order valence-corrected chi connectivity index (χ1v) is 11.0. The molecule has 4 aromatic rings. The number of ketones is 1. The number of amides is 1. The highest BCUT2D eigenvalue weighted by atomic mass is 35.5. The second-order valence-corrected chi connectivity index (χ2v) is 8.87. The summed E-state index contributed by atoms with van der Waals surface area (Å²) >= 11 is 7.38. The summed E-state index contributed by atoms with van der Waals surface area (Å²) < 4.78 is 0.797. The van der Waals surface area contributed by atoms with E-state index in [4.69, 9.17) is 11.6 Å². The molecule has 1 N–H and O–H groups in total. The van der Waals surface area contributed by atoms with Gasteiger partial charge in [-0.3, -0.25) is 19.5 Å². The van der Waals surface area contributed by atoms with Crippen molar-refractivity contribution in [2.75, 3.05) is 4.90 Å². The van der Waals surface area contributed by atoms with Crippen molar-refractivity contribution in [3.05, 3.63) is 94.3 Å². The first kappa shape index (κ1) is 20.4. The van der Waals surface area contributed by atoms with Crippen LogP contribution >= 0.6 is 22.9 Å². The summed E-state index contributed by atoms with van der Waals surface area (Å²) in [6.45, 7) is 1.95. The molecule has 158 valence electrons. The van der Waals surface area contributed by atoms with E-state index in [1.54, 1.807) is 30.3 Å². The van der Waals surface area contributed by atoms with Crippen LogP contribution in [0.2, 0.25) is 5.02 Å². The zero-order valence-corrected chi connectivity index (χ0v) is 18.4. The van der Waals surface area contributed by atoms with E-state index >= 15 is 0 Å². The third-order valence-electron chi connectivity index (χ3n) is 5.34. The highest BCUT2D eigenvalue weighted by Gasteiger charge is 2.48. The molecule has 1 amide bonds. The molecule has 0 aliphatic carbocycles. The second-order valence-electron chi connectivity index (χ2n) is 7.42. The van der Waals surface area contributed by atoms with E-state index in [1.165, 1.54) is 28.6 Å². The summed E-state index contributed by atoms with van der Waals surface area (Å²) in [6.07, 6.45) is 3.03. The van der Waals surface area contributed by atoms with Crippen LogP contribution in [0.1, 0.15) is 22.7 Å². The Hall–Kier alpha value is -3.55. The average Bonchev–Trinajstić information content (AvgIpc) is 3.32. The number of hydrogen-bond acceptors (Lipinski definition) is 6. The van der Waals surface area contributed by atoms with E-state index in [9.17, 15) is 14.7 Å². The SMILES string of the molecule is Cc1ccc(C2C(=C(O)c3ccncc3)C(=O)C(=O)N2c2nc3ccc(Cl)cc3s2)cc1. The molecule has 8 heteroatoms. The lowest BCUT2D eigenvalue weighted by atomic mass is 9.95. The van der Waals surface area contributed by atoms with Crippen LogP contribution in [0, 0.1) is 6.92 Å². The number of aliphatic hydroxyl groups excluding tert-OH is 1. The molecule has 0 bridgehead atoms. The third kappa shape index (κ3) is 3.36. The normalized spacial score (nSPS) is 17.9. The van der Waals surface area contributed by atoms with Crippen LogP contribution in [0.5, 0.6) is 0 Å². The maximum atomic E-state index is 13.2. The van der Waals surface area contributed by atoms with Gasteiger partial charge in [0, 0.05) is 23.0 Å². The first-order valence-electron chi connectivity index (χ1n) is 9.78. The van der Waals surface area contributed by atoms with Crippen LogP contribution in [0.4, 0.5) is 5.13 Å². The van der Waals surface area contributed by atoms with Crippen LogP contribution in [0.15, 0.2) is 72.6 Å². The Kier molecular flexibility index (Phi) is 5.00. The monoisotopic (exact) mass is 461 g/mol. The van der Waals surface area contributed by atoms with Gasteiger partial charge in [0.05, 0.1) is 21.8 Å². The Morgan fingerprint density at radius 2 is 1.78 bits per heavy atom. The van der Waals surface area contributed by atoms with Crippen molar-refractivity contribution in [1.82, 2.24) is 9.97 Å². The minimum atomic E-state index is -0.820. The summed E-state index contributed by atoms with van der Waals surface area (Å²) in [6, 6.07) is 15.1. The predicted octanol–water partition coefficient (Wildman–Crippen LogP) is 5.28. The molecule has 1 atom stereocenters. The Labute approximate surface area is 192 Å². The number of anilines is 1. The first-order chi connectivity index (χ1) is 15.4. The Balaban J connectivity index is 1.73. The van der Waals surface area contributed by atoms with Crippen LogP contribution in [-0.2, 0) is 9.59 Å². The Bertz CT molecular complexity index is 1400. The van der Waals surface area contributed by atoms with Crippen molar-refractivity contribution in [2.45, 2.75) is 13.0 Å². The molecule has 1 fully saturated rings. The molecular weight excluding hydrogens is 446 g/mol. The molecule has 6 nitrogen and oxygen atoms in total. The molecule has 0 radical (unpaired) electrons.